The number of phosphoric acid groups is 1. The standard InChI is InChI=1S/C9H18NO6P/c1-8(2)9(11)14-7-16-17(12,13)15-6-10(3,4)5/h1,6-7H2,2-5H3. The van der Waals surface area contributed by atoms with Gasteiger partial charge in [-0.25, -0.2) is 4.79 Å². The van der Waals surface area contributed by atoms with Crippen molar-refractivity contribution in [1.82, 2.24) is 0 Å². The van der Waals surface area contributed by atoms with Crippen molar-refractivity contribution in [2.75, 3.05) is 34.7 Å². The third kappa shape index (κ3) is 9.02. The zero-order valence-corrected chi connectivity index (χ0v) is 11.4. The van der Waals surface area contributed by atoms with Gasteiger partial charge >= 0.3 is 5.97 Å². The summed E-state index contributed by atoms with van der Waals surface area (Å²) in [5, 5.41) is 0. The van der Waals surface area contributed by atoms with Crippen LogP contribution in [0.5, 0.6) is 0 Å². The molecule has 0 spiro atoms. The minimum Gasteiger partial charge on any atom is -0.756 e. The summed E-state index contributed by atoms with van der Waals surface area (Å²) in [5.41, 5.74) is 0.154. The van der Waals surface area contributed by atoms with Crippen LogP contribution in [-0.4, -0.2) is 45.1 Å². The first kappa shape index (κ1) is 16.3. The Bertz CT molecular complexity index is 335. The highest BCUT2D eigenvalue weighted by atomic mass is 31.2. The van der Waals surface area contributed by atoms with E-state index >= 15 is 0 Å². The molecule has 0 saturated heterocycles. The van der Waals surface area contributed by atoms with Crippen LogP contribution in [0.15, 0.2) is 12.2 Å². The molecule has 0 rings (SSSR count). The van der Waals surface area contributed by atoms with E-state index in [4.69, 9.17) is 0 Å². The second-order valence-electron chi connectivity index (χ2n) is 4.45. The van der Waals surface area contributed by atoms with Gasteiger partial charge in [0, 0.05) is 5.57 Å². The number of hydrogen-bond donors (Lipinski definition) is 0. The molecule has 7 nitrogen and oxygen atoms in total. The Balaban J connectivity index is 3.99. The number of esters is 1. The molecule has 17 heavy (non-hydrogen) atoms. The third-order valence-electron chi connectivity index (χ3n) is 1.35. The topological polar surface area (TPSA) is 84.9 Å². The fourth-order valence-corrected chi connectivity index (χ4v) is 1.29. The zero-order chi connectivity index (χ0) is 13.7. The van der Waals surface area contributed by atoms with Gasteiger partial charge in [-0.15, -0.1) is 0 Å². The van der Waals surface area contributed by atoms with Crippen molar-refractivity contribution < 1.29 is 32.5 Å². The molecule has 0 aromatic carbocycles. The molecular weight excluding hydrogens is 249 g/mol. The van der Waals surface area contributed by atoms with Gasteiger partial charge in [-0.2, -0.15) is 0 Å². The maximum absolute atomic E-state index is 11.2. The van der Waals surface area contributed by atoms with Gasteiger partial charge in [-0.1, -0.05) is 6.58 Å². The number of phosphoric ester groups is 1. The van der Waals surface area contributed by atoms with Crippen LogP contribution in [0.2, 0.25) is 0 Å². The van der Waals surface area contributed by atoms with Crippen LogP contribution in [-0.2, 0) is 23.1 Å². The maximum atomic E-state index is 11.2. The highest BCUT2D eigenvalue weighted by molar-refractivity contribution is 7.45. The van der Waals surface area contributed by atoms with Crippen LogP contribution >= 0.6 is 7.82 Å². The fourth-order valence-electron chi connectivity index (χ4n) is 0.549. The quantitative estimate of drug-likeness (QED) is 0.216. The van der Waals surface area contributed by atoms with Crippen LogP contribution in [0.4, 0.5) is 0 Å². The average molecular weight is 267 g/mol. The molecule has 0 amide bonds. The molecule has 0 aromatic rings. The number of carbonyl (C=O) groups is 1. The number of rotatable bonds is 7. The van der Waals surface area contributed by atoms with Gasteiger partial charge in [-0.05, 0) is 6.92 Å². The van der Waals surface area contributed by atoms with E-state index in [2.05, 4.69) is 20.4 Å². The summed E-state index contributed by atoms with van der Waals surface area (Å²) in [4.78, 5) is 22.1. The van der Waals surface area contributed by atoms with Crippen molar-refractivity contribution >= 4 is 13.8 Å². The Labute approximate surface area is 101 Å². The average Bonchev–Trinajstić information content (AvgIpc) is 2.13. The summed E-state index contributed by atoms with van der Waals surface area (Å²) in [7, 11) is 0.805. The maximum Gasteiger partial charge on any atom is 0.335 e. The molecular formula is C9H18NO6P. The number of ether oxygens (including phenoxy) is 1. The lowest BCUT2D eigenvalue weighted by molar-refractivity contribution is -0.887. The molecule has 0 aliphatic heterocycles. The van der Waals surface area contributed by atoms with Crippen molar-refractivity contribution in [1.29, 1.82) is 0 Å². The SMILES string of the molecule is C=C(C)C(=O)OCOP(=O)([O-])OC[N+](C)(C)C. The molecule has 0 aliphatic carbocycles. The normalized spacial score (nSPS) is 15.1. The van der Waals surface area contributed by atoms with E-state index < -0.39 is 20.6 Å². The second-order valence-corrected chi connectivity index (χ2v) is 5.87. The summed E-state index contributed by atoms with van der Waals surface area (Å²) >= 11 is 0. The van der Waals surface area contributed by atoms with Gasteiger partial charge < -0.3 is 14.1 Å². The van der Waals surface area contributed by atoms with Crippen LogP contribution in [0.3, 0.4) is 0 Å². The molecule has 0 saturated carbocycles. The van der Waals surface area contributed by atoms with E-state index in [0.29, 0.717) is 4.48 Å². The lowest BCUT2D eigenvalue weighted by atomic mass is 10.4. The lowest BCUT2D eigenvalue weighted by Crippen LogP contribution is -2.37. The van der Waals surface area contributed by atoms with Gasteiger partial charge in [0.15, 0.2) is 13.5 Å². The molecule has 0 aliphatic rings. The molecule has 1 unspecified atom stereocenters. The Morgan fingerprint density at radius 3 is 2.29 bits per heavy atom. The minimum absolute atomic E-state index is 0.0742. The van der Waals surface area contributed by atoms with Gasteiger partial charge in [0.05, 0.1) is 21.1 Å². The number of nitrogens with zero attached hydrogens (tertiary/aromatic N) is 1. The van der Waals surface area contributed by atoms with Gasteiger partial charge in [-0.3, -0.25) is 13.6 Å². The van der Waals surface area contributed by atoms with Gasteiger partial charge in [0.2, 0.25) is 0 Å². The monoisotopic (exact) mass is 267 g/mol. The molecule has 0 radical (unpaired) electrons. The molecule has 1 atom stereocenters. The van der Waals surface area contributed by atoms with E-state index in [9.17, 15) is 14.3 Å². The van der Waals surface area contributed by atoms with E-state index in [1.165, 1.54) is 6.92 Å². The third-order valence-corrected chi connectivity index (χ3v) is 2.21. The van der Waals surface area contributed by atoms with E-state index in [0.717, 1.165) is 0 Å². The first-order valence-electron chi connectivity index (χ1n) is 4.77. The molecule has 8 heteroatoms. The highest BCUT2D eigenvalue weighted by Gasteiger charge is 2.16. The van der Waals surface area contributed by atoms with Gasteiger partial charge in [0.1, 0.15) is 0 Å². The summed E-state index contributed by atoms with van der Waals surface area (Å²) < 4.78 is 24.8. The molecule has 0 fully saturated rings. The first-order valence-corrected chi connectivity index (χ1v) is 6.23. The molecule has 0 bridgehead atoms. The van der Waals surface area contributed by atoms with Crippen molar-refractivity contribution in [3.05, 3.63) is 12.2 Å². The molecule has 100 valence electrons. The van der Waals surface area contributed by atoms with Crippen LogP contribution < -0.4 is 4.89 Å². The lowest BCUT2D eigenvalue weighted by Gasteiger charge is -2.28. The van der Waals surface area contributed by atoms with Crippen LogP contribution in [0.25, 0.3) is 0 Å². The predicted molar refractivity (Wildman–Crippen MR) is 58.4 cm³/mol. The van der Waals surface area contributed by atoms with E-state index in [1.54, 1.807) is 21.1 Å². The Kier molecular flexibility index (Phi) is 6.01. The molecule has 0 heterocycles. The van der Waals surface area contributed by atoms with Crippen molar-refractivity contribution in [2.45, 2.75) is 6.92 Å². The number of quaternary nitrogens is 1. The van der Waals surface area contributed by atoms with Crippen LogP contribution in [0, 0.1) is 0 Å². The largest absolute Gasteiger partial charge is 0.756 e. The smallest absolute Gasteiger partial charge is 0.335 e. The van der Waals surface area contributed by atoms with Crippen molar-refractivity contribution in [2.24, 2.45) is 0 Å². The van der Waals surface area contributed by atoms with Crippen molar-refractivity contribution in [3.63, 3.8) is 0 Å². The second kappa shape index (κ2) is 6.28. The predicted octanol–water partition coefficient (Wildman–Crippen LogP) is 0.228. The number of carbonyl (C=O) groups excluding carboxylic acids is 1. The Hall–Kier alpha value is -0.720. The molecule has 0 N–H and O–H groups in total. The summed E-state index contributed by atoms with van der Waals surface area (Å²) in [6, 6.07) is 0. The van der Waals surface area contributed by atoms with E-state index in [-0.39, 0.29) is 12.3 Å². The first-order chi connectivity index (χ1) is 7.53. The minimum atomic E-state index is -4.45. The molecule has 0 aromatic heterocycles. The number of hydrogen-bond acceptors (Lipinski definition) is 6. The summed E-state index contributed by atoms with van der Waals surface area (Å²) in [5.74, 6) is -0.725. The Morgan fingerprint density at radius 2 is 1.88 bits per heavy atom. The fraction of sp³-hybridized carbons (Fsp3) is 0.667. The van der Waals surface area contributed by atoms with E-state index in [1.807, 2.05) is 0 Å². The zero-order valence-electron chi connectivity index (χ0n) is 10.5. The summed E-state index contributed by atoms with van der Waals surface area (Å²) in [6.07, 6.45) is 0. The van der Waals surface area contributed by atoms with Crippen molar-refractivity contribution in [3.8, 4) is 0 Å². The Morgan fingerprint density at radius 1 is 1.35 bits per heavy atom. The summed E-state index contributed by atoms with van der Waals surface area (Å²) in [6.45, 7) is 3.97. The van der Waals surface area contributed by atoms with Crippen LogP contribution in [0.1, 0.15) is 6.92 Å². The highest BCUT2D eigenvalue weighted by Crippen LogP contribution is 2.38. The van der Waals surface area contributed by atoms with Gasteiger partial charge in [0.25, 0.3) is 7.82 Å².